The molecule has 7 heteroatoms. The lowest BCUT2D eigenvalue weighted by atomic mass is 10.0. The average Bonchev–Trinajstić information content (AvgIpc) is 2.68. The highest BCUT2D eigenvalue weighted by Gasteiger charge is 2.23. The molecule has 1 unspecified atom stereocenters. The van der Waals surface area contributed by atoms with E-state index in [1.54, 1.807) is 24.3 Å². The molecule has 0 saturated carbocycles. The fourth-order valence-corrected chi connectivity index (χ4v) is 3.70. The third kappa shape index (κ3) is 4.82. The van der Waals surface area contributed by atoms with E-state index in [0.717, 1.165) is 17.1 Å². The molecule has 0 aliphatic heterocycles. The molecule has 1 atom stereocenters. The molecule has 0 aliphatic rings. The molecule has 3 aromatic rings. The van der Waals surface area contributed by atoms with Crippen molar-refractivity contribution in [3.05, 3.63) is 81.1 Å². The van der Waals surface area contributed by atoms with Gasteiger partial charge in [-0.2, -0.15) is 0 Å². The van der Waals surface area contributed by atoms with Crippen molar-refractivity contribution >= 4 is 45.3 Å². The van der Waals surface area contributed by atoms with Gasteiger partial charge in [0.25, 0.3) is 5.91 Å². The largest absolute Gasteiger partial charge is 0.341 e. The third-order valence-corrected chi connectivity index (χ3v) is 5.35. The van der Waals surface area contributed by atoms with Crippen LogP contribution in [0.3, 0.4) is 0 Å². The number of benzene rings is 2. The number of carbonyl (C=O) groups is 2. The minimum absolute atomic E-state index is 0.144. The summed E-state index contributed by atoms with van der Waals surface area (Å²) in [6.07, 6.45) is 0.232. The number of pyridine rings is 1. The van der Waals surface area contributed by atoms with Gasteiger partial charge in [-0.3, -0.25) is 14.4 Å². The summed E-state index contributed by atoms with van der Waals surface area (Å²) < 4.78 is 0. The maximum absolute atomic E-state index is 12.6. The fourth-order valence-electron chi connectivity index (χ4n) is 2.94. The van der Waals surface area contributed by atoms with Crippen molar-refractivity contribution in [1.29, 1.82) is 0 Å². The van der Waals surface area contributed by atoms with Crippen molar-refractivity contribution in [2.75, 3.05) is 5.75 Å². The second-order valence-corrected chi connectivity index (χ2v) is 7.90. The van der Waals surface area contributed by atoms with Crippen LogP contribution in [-0.4, -0.2) is 27.8 Å². The second kappa shape index (κ2) is 9.08. The number of hydrogen-bond acceptors (Lipinski definition) is 4. The van der Waals surface area contributed by atoms with Crippen molar-refractivity contribution in [2.24, 2.45) is 0 Å². The lowest BCUT2D eigenvalue weighted by molar-refractivity contribution is -0.112. The Morgan fingerprint density at radius 3 is 2.57 bits per heavy atom. The zero-order chi connectivity index (χ0) is 20.1. The Kier molecular flexibility index (Phi) is 6.54. The summed E-state index contributed by atoms with van der Waals surface area (Å²) in [6, 6.07) is 14.6. The van der Waals surface area contributed by atoms with Crippen LogP contribution in [0.25, 0.3) is 10.9 Å². The van der Waals surface area contributed by atoms with Crippen LogP contribution in [0.2, 0.25) is 5.02 Å². The molecule has 1 heterocycles. The highest BCUT2D eigenvalue weighted by molar-refractivity contribution is 8.13. The van der Waals surface area contributed by atoms with Gasteiger partial charge in [-0.25, -0.2) is 0 Å². The minimum atomic E-state index is -0.752. The van der Waals surface area contributed by atoms with Crippen molar-refractivity contribution < 1.29 is 9.59 Å². The van der Waals surface area contributed by atoms with Crippen LogP contribution in [0.15, 0.2) is 59.4 Å². The topological polar surface area (TPSA) is 79.0 Å². The Hall–Kier alpha value is -2.57. The SMILES string of the molecule is CCSC(=O)C(Cc1cc(=O)[nH]c2ccccc12)NC(=O)c1ccc(Cl)cc1. The van der Waals surface area contributed by atoms with Gasteiger partial charge >= 0.3 is 0 Å². The van der Waals surface area contributed by atoms with Gasteiger partial charge in [0, 0.05) is 34.0 Å². The van der Waals surface area contributed by atoms with Gasteiger partial charge in [0.15, 0.2) is 0 Å². The number of fused-ring (bicyclic) bond motifs is 1. The molecular weight excluding hydrogens is 396 g/mol. The number of aromatic amines is 1. The quantitative estimate of drug-likeness (QED) is 0.643. The summed E-state index contributed by atoms with van der Waals surface area (Å²) in [6.45, 7) is 1.88. The van der Waals surface area contributed by atoms with Gasteiger partial charge in [-0.15, -0.1) is 0 Å². The summed E-state index contributed by atoms with van der Waals surface area (Å²) in [5.74, 6) is 0.239. The maximum atomic E-state index is 12.6. The normalized spacial score (nSPS) is 11.9. The molecule has 0 radical (unpaired) electrons. The van der Waals surface area contributed by atoms with Crippen LogP contribution in [0, 0.1) is 0 Å². The van der Waals surface area contributed by atoms with Gasteiger partial charge in [-0.05, 0) is 41.6 Å². The highest BCUT2D eigenvalue weighted by Crippen LogP contribution is 2.19. The van der Waals surface area contributed by atoms with E-state index >= 15 is 0 Å². The minimum Gasteiger partial charge on any atom is -0.341 e. The summed E-state index contributed by atoms with van der Waals surface area (Å²) in [5, 5.41) is 4.04. The van der Waals surface area contributed by atoms with Gasteiger partial charge in [-0.1, -0.05) is 48.5 Å². The first-order valence-electron chi connectivity index (χ1n) is 8.82. The lowest BCUT2D eigenvalue weighted by Crippen LogP contribution is -2.41. The summed E-state index contributed by atoms with van der Waals surface area (Å²) in [7, 11) is 0. The van der Waals surface area contributed by atoms with Gasteiger partial charge in [0.05, 0.1) is 0 Å². The number of hydrogen-bond donors (Lipinski definition) is 2. The standard InChI is InChI=1S/C21H19ClN2O3S/c1-2-28-21(27)18(24-20(26)13-7-9-15(22)10-8-13)11-14-12-19(25)23-17-6-4-3-5-16(14)17/h3-10,12,18H,2,11H2,1H3,(H,23,25)(H,24,26). The first-order valence-corrected chi connectivity index (χ1v) is 10.2. The number of nitrogens with one attached hydrogen (secondary N) is 2. The molecule has 5 nitrogen and oxygen atoms in total. The molecule has 0 fully saturated rings. The molecule has 0 spiro atoms. The molecule has 1 aromatic heterocycles. The number of amides is 1. The van der Waals surface area contributed by atoms with Crippen molar-refractivity contribution in [1.82, 2.24) is 10.3 Å². The molecule has 0 aliphatic carbocycles. The Morgan fingerprint density at radius 1 is 1.14 bits per heavy atom. The Labute approximate surface area is 171 Å². The maximum Gasteiger partial charge on any atom is 0.251 e. The highest BCUT2D eigenvalue weighted by atomic mass is 35.5. The van der Waals surface area contributed by atoms with E-state index in [2.05, 4.69) is 10.3 Å². The lowest BCUT2D eigenvalue weighted by Gasteiger charge is -2.18. The van der Waals surface area contributed by atoms with E-state index < -0.39 is 6.04 Å². The molecule has 144 valence electrons. The van der Waals surface area contributed by atoms with Gasteiger partial charge < -0.3 is 10.3 Å². The van der Waals surface area contributed by atoms with E-state index in [0.29, 0.717) is 27.4 Å². The number of para-hydroxylation sites is 1. The number of rotatable bonds is 6. The summed E-state index contributed by atoms with van der Waals surface area (Å²) in [4.78, 5) is 40.0. The predicted octanol–water partition coefficient (Wildman–Crippen LogP) is 3.80. The van der Waals surface area contributed by atoms with E-state index in [4.69, 9.17) is 11.6 Å². The van der Waals surface area contributed by atoms with Crippen molar-refractivity contribution in [3.8, 4) is 0 Å². The molecule has 0 bridgehead atoms. The van der Waals surface area contributed by atoms with Crippen LogP contribution >= 0.6 is 23.4 Å². The first-order chi connectivity index (χ1) is 13.5. The molecular formula is C21H19ClN2O3S. The van der Waals surface area contributed by atoms with E-state index in [1.807, 2.05) is 31.2 Å². The Bertz CT molecular complexity index is 1060. The number of H-pyrrole nitrogens is 1. The number of aromatic nitrogens is 1. The van der Waals surface area contributed by atoms with Crippen LogP contribution in [0.1, 0.15) is 22.8 Å². The predicted molar refractivity (Wildman–Crippen MR) is 114 cm³/mol. The van der Waals surface area contributed by atoms with Crippen LogP contribution in [-0.2, 0) is 11.2 Å². The number of halogens is 1. The molecule has 0 saturated heterocycles. The van der Waals surface area contributed by atoms with Crippen LogP contribution in [0.4, 0.5) is 0 Å². The smallest absolute Gasteiger partial charge is 0.251 e. The monoisotopic (exact) mass is 414 g/mol. The molecule has 2 N–H and O–H groups in total. The van der Waals surface area contributed by atoms with Crippen LogP contribution in [0.5, 0.6) is 0 Å². The summed E-state index contributed by atoms with van der Waals surface area (Å²) >= 11 is 7.02. The number of thioether (sulfide) groups is 1. The molecule has 28 heavy (non-hydrogen) atoms. The first kappa shape index (κ1) is 20.2. The van der Waals surface area contributed by atoms with Crippen molar-refractivity contribution in [3.63, 3.8) is 0 Å². The summed E-state index contributed by atoms with van der Waals surface area (Å²) in [5.41, 5.74) is 1.58. The van der Waals surface area contributed by atoms with Gasteiger partial charge in [0.2, 0.25) is 10.7 Å². The Morgan fingerprint density at radius 2 is 1.86 bits per heavy atom. The van der Waals surface area contributed by atoms with Crippen LogP contribution < -0.4 is 10.9 Å². The van der Waals surface area contributed by atoms with E-state index in [9.17, 15) is 14.4 Å². The zero-order valence-corrected chi connectivity index (χ0v) is 16.8. The third-order valence-electron chi connectivity index (χ3n) is 4.24. The van der Waals surface area contributed by atoms with Crippen molar-refractivity contribution in [2.45, 2.75) is 19.4 Å². The molecule has 3 rings (SSSR count). The second-order valence-electron chi connectivity index (χ2n) is 6.19. The number of carbonyl (C=O) groups excluding carboxylic acids is 2. The zero-order valence-electron chi connectivity index (χ0n) is 15.2. The molecule has 1 amide bonds. The van der Waals surface area contributed by atoms with E-state index in [-0.39, 0.29) is 23.0 Å². The average molecular weight is 415 g/mol. The Balaban J connectivity index is 1.91. The molecule has 2 aromatic carbocycles. The van der Waals surface area contributed by atoms with Gasteiger partial charge in [0.1, 0.15) is 6.04 Å². The van der Waals surface area contributed by atoms with E-state index in [1.165, 1.54) is 6.07 Å². The fraction of sp³-hybridized carbons (Fsp3) is 0.190.